The fourth-order valence-electron chi connectivity index (χ4n) is 2.23. The number of aliphatic carboxylic acids is 1. The zero-order valence-corrected chi connectivity index (χ0v) is 12.1. The fraction of sp³-hybridized carbons (Fsp3) is 0.385. The van der Waals surface area contributed by atoms with E-state index in [1.807, 2.05) is 19.1 Å². The van der Waals surface area contributed by atoms with Gasteiger partial charge in [-0.2, -0.15) is 0 Å². The van der Waals surface area contributed by atoms with Crippen molar-refractivity contribution in [2.45, 2.75) is 6.92 Å². The van der Waals surface area contributed by atoms with Crippen molar-refractivity contribution >= 4 is 34.5 Å². The summed E-state index contributed by atoms with van der Waals surface area (Å²) in [6, 6.07) is 7.32. The van der Waals surface area contributed by atoms with Gasteiger partial charge in [0, 0.05) is 22.2 Å². The topological polar surface area (TPSA) is 57.6 Å². The lowest BCUT2D eigenvalue weighted by Crippen LogP contribution is -2.29. The summed E-state index contributed by atoms with van der Waals surface area (Å²) in [5.41, 5.74) is 0.619. The quantitative estimate of drug-likeness (QED) is 0.823. The van der Waals surface area contributed by atoms with E-state index in [-0.39, 0.29) is 11.8 Å². The molecule has 4 nitrogen and oxygen atoms in total. The molecule has 1 aliphatic heterocycles. The van der Waals surface area contributed by atoms with Gasteiger partial charge in [-0.3, -0.25) is 9.59 Å². The molecule has 5 heteroatoms. The maximum absolute atomic E-state index is 12.2. The molecule has 0 bridgehead atoms. The van der Waals surface area contributed by atoms with Gasteiger partial charge in [-0.1, -0.05) is 6.92 Å². The molecule has 18 heavy (non-hydrogen) atoms. The van der Waals surface area contributed by atoms with E-state index >= 15 is 0 Å². The Hall–Kier alpha value is -1.11. The number of likely N-dealkylation sites (tertiary alicyclic amines) is 1. The van der Waals surface area contributed by atoms with Gasteiger partial charge in [0.25, 0.3) is 5.91 Å². The Morgan fingerprint density at radius 3 is 2.39 bits per heavy atom. The molecule has 0 spiro atoms. The Morgan fingerprint density at radius 1 is 1.28 bits per heavy atom. The zero-order valence-electron chi connectivity index (χ0n) is 9.97. The summed E-state index contributed by atoms with van der Waals surface area (Å²) >= 11 is 2.18. The third kappa shape index (κ3) is 2.66. The molecule has 2 rings (SSSR count). The summed E-state index contributed by atoms with van der Waals surface area (Å²) in [5.74, 6) is -1.34. The average Bonchev–Trinajstić information content (AvgIpc) is 2.71. The van der Waals surface area contributed by atoms with Crippen LogP contribution in [0.25, 0.3) is 0 Å². The molecule has 96 valence electrons. The second-order valence-electron chi connectivity index (χ2n) is 4.64. The van der Waals surface area contributed by atoms with Crippen LogP contribution in [0.3, 0.4) is 0 Å². The van der Waals surface area contributed by atoms with Crippen LogP contribution >= 0.6 is 22.6 Å². The zero-order chi connectivity index (χ0) is 13.3. The van der Waals surface area contributed by atoms with Crippen molar-refractivity contribution in [2.24, 2.45) is 11.8 Å². The molecule has 1 saturated heterocycles. The highest BCUT2D eigenvalue weighted by Crippen LogP contribution is 2.24. The fourth-order valence-corrected chi connectivity index (χ4v) is 2.59. The molecule has 0 aromatic heterocycles. The molecule has 0 radical (unpaired) electrons. The number of halogens is 1. The Balaban J connectivity index is 2.12. The summed E-state index contributed by atoms with van der Waals surface area (Å²) in [6.45, 7) is 2.70. The summed E-state index contributed by atoms with van der Waals surface area (Å²) in [5, 5.41) is 9.05. The first kappa shape index (κ1) is 13.3. The highest BCUT2D eigenvalue weighted by Gasteiger charge is 2.37. The van der Waals surface area contributed by atoms with Crippen molar-refractivity contribution in [3.8, 4) is 0 Å². The maximum atomic E-state index is 12.2. The monoisotopic (exact) mass is 359 g/mol. The largest absolute Gasteiger partial charge is 0.481 e. The van der Waals surface area contributed by atoms with E-state index in [0.717, 1.165) is 3.57 Å². The molecule has 1 aromatic rings. The Kier molecular flexibility index (Phi) is 3.89. The molecule has 1 amide bonds. The van der Waals surface area contributed by atoms with E-state index in [1.54, 1.807) is 17.0 Å². The van der Waals surface area contributed by atoms with Crippen molar-refractivity contribution in [1.82, 2.24) is 4.90 Å². The van der Waals surface area contributed by atoms with Gasteiger partial charge in [0.2, 0.25) is 0 Å². The van der Waals surface area contributed by atoms with E-state index in [4.69, 9.17) is 5.11 Å². The van der Waals surface area contributed by atoms with Crippen molar-refractivity contribution in [2.75, 3.05) is 13.1 Å². The van der Waals surface area contributed by atoms with E-state index in [0.29, 0.717) is 18.7 Å². The van der Waals surface area contributed by atoms with Crippen LogP contribution in [0.2, 0.25) is 0 Å². The Morgan fingerprint density at radius 2 is 1.89 bits per heavy atom. The lowest BCUT2D eigenvalue weighted by Gasteiger charge is -2.15. The first-order valence-corrected chi connectivity index (χ1v) is 6.84. The van der Waals surface area contributed by atoms with Crippen molar-refractivity contribution in [1.29, 1.82) is 0 Å². The second-order valence-corrected chi connectivity index (χ2v) is 5.88. The number of carboxylic acid groups (broad SMARTS) is 1. The number of hydrogen-bond donors (Lipinski definition) is 1. The van der Waals surface area contributed by atoms with E-state index in [2.05, 4.69) is 22.6 Å². The maximum Gasteiger partial charge on any atom is 0.308 e. The van der Waals surface area contributed by atoms with Crippen LogP contribution in [0.5, 0.6) is 0 Å². The van der Waals surface area contributed by atoms with Crippen LogP contribution in [-0.4, -0.2) is 35.0 Å². The highest BCUT2D eigenvalue weighted by molar-refractivity contribution is 14.1. The molecular formula is C13H14INO3. The molecule has 1 aromatic carbocycles. The first-order valence-electron chi connectivity index (χ1n) is 5.76. The number of carboxylic acids is 1. The van der Waals surface area contributed by atoms with Gasteiger partial charge in [0.1, 0.15) is 0 Å². The van der Waals surface area contributed by atoms with E-state index in [9.17, 15) is 9.59 Å². The molecular weight excluding hydrogens is 345 g/mol. The SMILES string of the molecule is C[C@@H]1CN(C(=O)c2ccc(I)cc2)C[C@H]1C(=O)O. The number of carbonyl (C=O) groups is 2. The van der Waals surface area contributed by atoms with Gasteiger partial charge in [-0.05, 0) is 52.8 Å². The highest BCUT2D eigenvalue weighted by atomic mass is 127. The van der Waals surface area contributed by atoms with Gasteiger partial charge in [0.05, 0.1) is 5.92 Å². The summed E-state index contributed by atoms with van der Waals surface area (Å²) in [6.07, 6.45) is 0. The van der Waals surface area contributed by atoms with Gasteiger partial charge in [0.15, 0.2) is 0 Å². The second kappa shape index (κ2) is 5.26. The number of nitrogens with zero attached hydrogens (tertiary/aromatic N) is 1. The molecule has 0 saturated carbocycles. The average molecular weight is 359 g/mol. The number of amides is 1. The Labute approximate surface area is 119 Å². The van der Waals surface area contributed by atoms with Crippen LogP contribution in [0, 0.1) is 15.4 Å². The lowest BCUT2D eigenvalue weighted by molar-refractivity contribution is -0.142. The predicted molar refractivity (Wildman–Crippen MR) is 75.4 cm³/mol. The van der Waals surface area contributed by atoms with Crippen LogP contribution in [0.15, 0.2) is 24.3 Å². The van der Waals surface area contributed by atoms with Gasteiger partial charge in [-0.15, -0.1) is 0 Å². The molecule has 1 fully saturated rings. The number of benzene rings is 1. The number of hydrogen-bond acceptors (Lipinski definition) is 2. The first-order chi connectivity index (χ1) is 8.49. The van der Waals surface area contributed by atoms with Crippen LogP contribution in [0.4, 0.5) is 0 Å². The molecule has 1 aliphatic rings. The van der Waals surface area contributed by atoms with Gasteiger partial charge >= 0.3 is 5.97 Å². The number of carbonyl (C=O) groups excluding carboxylic acids is 1. The molecule has 0 unspecified atom stereocenters. The van der Waals surface area contributed by atoms with Crippen molar-refractivity contribution in [3.63, 3.8) is 0 Å². The standard InChI is InChI=1S/C13H14INO3/c1-8-6-15(7-11(8)13(17)18)12(16)9-2-4-10(14)5-3-9/h2-5,8,11H,6-7H2,1H3,(H,17,18)/t8-,11-/m1/s1. The third-order valence-electron chi connectivity index (χ3n) is 3.31. The van der Waals surface area contributed by atoms with Crippen LogP contribution in [-0.2, 0) is 4.79 Å². The smallest absolute Gasteiger partial charge is 0.308 e. The van der Waals surface area contributed by atoms with E-state index < -0.39 is 11.9 Å². The minimum absolute atomic E-state index is 0.00954. The van der Waals surface area contributed by atoms with Gasteiger partial charge < -0.3 is 10.0 Å². The summed E-state index contributed by atoms with van der Waals surface area (Å²) < 4.78 is 1.07. The third-order valence-corrected chi connectivity index (χ3v) is 4.03. The van der Waals surface area contributed by atoms with Crippen LogP contribution < -0.4 is 0 Å². The van der Waals surface area contributed by atoms with E-state index in [1.165, 1.54) is 0 Å². The van der Waals surface area contributed by atoms with Crippen molar-refractivity contribution < 1.29 is 14.7 Å². The van der Waals surface area contributed by atoms with Crippen LogP contribution in [0.1, 0.15) is 17.3 Å². The lowest BCUT2D eigenvalue weighted by atomic mass is 9.99. The minimum Gasteiger partial charge on any atom is -0.481 e. The molecule has 0 aliphatic carbocycles. The molecule has 1 heterocycles. The number of rotatable bonds is 2. The summed E-state index contributed by atoms with van der Waals surface area (Å²) in [4.78, 5) is 24.9. The van der Waals surface area contributed by atoms with Gasteiger partial charge in [-0.25, -0.2) is 0 Å². The van der Waals surface area contributed by atoms with Crippen molar-refractivity contribution in [3.05, 3.63) is 33.4 Å². The summed E-state index contributed by atoms with van der Waals surface area (Å²) in [7, 11) is 0. The normalized spacial score (nSPS) is 23.1. The molecule has 1 N–H and O–H groups in total. The Bertz CT molecular complexity index is 472. The minimum atomic E-state index is -0.819. The predicted octanol–water partition coefficient (Wildman–Crippen LogP) is 2.08. The molecule has 2 atom stereocenters.